The van der Waals surface area contributed by atoms with Gasteiger partial charge in [-0.2, -0.15) is 0 Å². The topological polar surface area (TPSA) is 12.0 Å². The smallest absolute Gasteiger partial charge is 0.0343 e. The van der Waals surface area contributed by atoms with Crippen molar-refractivity contribution in [1.82, 2.24) is 0 Å². The minimum absolute atomic E-state index is 1.08. The van der Waals surface area contributed by atoms with E-state index in [0.717, 1.165) is 13.0 Å². The minimum atomic E-state index is 1.08. The predicted molar refractivity (Wildman–Crippen MR) is 87.3 cm³/mol. The molecular weight excluding hydrogens is 242 g/mol. The minimum Gasteiger partial charge on any atom is -0.385 e. The van der Waals surface area contributed by atoms with Crippen molar-refractivity contribution < 1.29 is 0 Å². The first-order valence-corrected chi connectivity index (χ1v) is 7.83. The van der Waals surface area contributed by atoms with Gasteiger partial charge in [-0.05, 0) is 47.2 Å². The quantitative estimate of drug-likeness (QED) is 0.600. The molecule has 0 spiro atoms. The third-order valence-electron chi connectivity index (χ3n) is 4.15. The molecule has 104 valence electrons. The zero-order valence-corrected chi connectivity index (χ0v) is 12.3. The fourth-order valence-corrected chi connectivity index (χ4v) is 3.04. The van der Waals surface area contributed by atoms with Gasteiger partial charge in [-0.25, -0.2) is 0 Å². The molecule has 1 nitrogen and oxygen atoms in total. The van der Waals surface area contributed by atoms with E-state index in [2.05, 4.69) is 54.7 Å². The van der Waals surface area contributed by atoms with Gasteiger partial charge in [0.05, 0.1) is 0 Å². The lowest BCUT2D eigenvalue weighted by atomic mass is 10.1. The zero-order chi connectivity index (χ0) is 13.8. The van der Waals surface area contributed by atoms with Gasteiger partial charge in [-0.3, -0.25) is 0 Å². The molecule has 1 aliphatic rings. The summed E-state index contributed by atoms with van der Waals surface area (Å²) in [5.74, 6) is 0. The molecule has 0 bridgehead atoms. The molecule has 0 aliphatic heterocycles. The fourth-order valence-electron chi connectivity index (χ4n) is 3.04. The number of rotatable bonds is 6. The van der Waals surface area contributed by atoms with Crippen LogP contribution in [-0.4, -0.2) is 6.54 Å². The van der Waals surface area contributed by atoms with Crippen LogP contribution in [0.2, 0.25) is 0 Å². The number of hydrogen-bond donors (Lipinski definition) is 1. The van der Waals surface area contributed by atoms with Crippen molar-refractivity contribution in [2.24, 2.45) is 0 Å². The zero-order valence-electron chi connectivity index (χ0n) is 12.3. The second-order valence-corrected chi connectivity index (χ2v) is 5.69. The maximum atomic E-state index is 3.56. The van der Waals surface area contributed by atoms with E-state index in [1.54, 1.807) is 0 Å². The van der Waals surface area contributed by atoms with Gasteiger partial charge in [0.1, 0.15) is 0 Å². The fraction of sp³-hybridized carbons (Fsp3) is 0.368. The molecule has 2 aromatic carbocycles. The summed E-state index contributed by atoms with van der Waals surface area (Å²) in [6, 6.07) is 15.6. The number of hydrogen-bond acceptors (Lipinski definition) is 1. The third kappa shape index (κ3) is 2.72. The molecule has 0 heterocycles. The van der Waals surface area contributed by atoms with Crippen LogP contribution in [0.1, 0.15) is 43.7 Å². The van der Waals surface area contributed by atoms with Crippen molar-refractivity contribution in [3.63, 3.8) is 0 Å². The number of benzene rings is 2. The van der Waals surface area contributed by atoms with Gasteiger partial charge >= 0.3 is 0 Å². The van der Waals surface area contributed by atoms with E-state index in [9.17, 15) is 0 Å². The molecule has 3 rings (SSSR count). The molecule has 0 saturated heterocycles. The Balaban J connectivity index is 1.65. The van der Waals surface area contributed by atoms with Crippen LogP contribution in [0.5, 0.6) is 0 Å². The summed E-state index contributed by atoms with van der Waals surface area (Å²) >= 11 is 0. The Morgan fingerprint density at radius 1 is 0.900 bits per heavy atom. The Kier molecular flexibility index (Phi) is 4.05. The van der Waals surface area contributed by atoms with Crippen molar-refractivity contribution >= 4 is 5.69 Å². The summed E-state index contributed by atoms with van der Waals surface area (Å²) in [6.07, 6.45) is 6.33. The van der Waals surface area contributed by atoms with Crippen molar-refractivity contribution in [2.75, 3.05) is 11.9 Å². The monoisotopic (exact) mass is 265 g/mol. The Morgan fingerprint density at radius 2 is 1.75 bits per heavy atom. The van der Waals surface area contributed by atoms with Gasteiger partial charge in [-0.1, -0.05) is 56.5 Å². The van der Waals surface area contributed by atoms with Crippen molar-refractivity contribution in [2.45, 2.75) is 39.0 Å². The lowest BCUT2D eigenvalue weighted by Crippen LogP contribution is -2.01. The summed E-state index contributed by atoms with van der Waals surface area (Å²) < 4.78 is 0. The SMILES string of the molecule is CCCCCCNc1ccc2c(c1)Cc1ccccc1-2. The van der Waals surface area contributed by atoms with Gasteiger partial charge in [-0.15, -0.1) is 0 Å². The van der Waals surface area contributed by atoms with Crippen LogP contribution in [0.3, 0.4) is 0 Å². The van der Waals surface area contributed by atoms with Gasteiger partial charge in [0, 0.05) is 12.2 Å². The van der Waals surface area contributed by atoms with Crippen LogP contribution >= 0.6 is 0 Å². The van der Waals surface area contributed by atoms with E-state index in [0.29, 0.717) is 0 Å². The predicted octanol–water partition coefficient (Wildman–Crippen LogP) is 5.25. The van der Waals surface area contributed by atoms with E-state index in [1.807, 2.05) is 0 Å². The molecule has 0 amide bonds. The van der Waals surface area contributed by atoms with E-state index in [-0.39, 0.29) is 0 Å². The molecule has 0 atom stereocenters. The van der Waals surface area contributed by atoms with Gasteiger partial charge < -0.3 is 5.32 Å². The molecule has 0 fully saturated rings. The average Bonchev–Trinajstić information content (AvgIpc) is 2.84. The molecule has 1 N–H and O–H groups in total. The number of anilines is 1. The highest BCUT2D eigenvalue weighted by Crippen LogP contribution is 2.37. The summed E-state index contributed by atoms with van der Waals surface area (Å²) in [5, 5.41) is 3.56. The van der Waals surface area contributed by atoms with E-state index in [4.69, 9.17) is 0 Å². The van der Waals surface area contributed by atoms with Crippen molar-refractivity contribution in [3.8, 4) is 11.1 Å². The van der Waals surface area contributed by atoms with Crippen LogP contribution in [0.4, 0.5) is 5.69 Å². The molecule has 1 heteroatoms. The highest BCUT2D eigenvalue weighted by Gasteiger charge is 2.17. The molecule has 1 aliphatic carbocycles. The van der Waals surface area contributed by atoms with Crippen LogP contribution in [-0.2, 0) is 6.42 Å². The van der Waals surface area contributed by atoms with E-state index >= 15 is 0 Å². The number of nitrogens with one attached hydrogen (secondary N) is 1. The first-order valence-electron chi connectivity index (χ1n) is 7.83. The first-order chi connectivity index (χ1) is 9.88. The summed E-state index contributed by atoms with van der Waals surface area (Å²) in [5.41, 5.74) is 7.02. The van der Waals surface area contributed by atoms with Crippen LogP contribution < -0.4 is 5.32 Å². The lowest BCUT2D eigenvalue weighted by molar-refractivity contribution is 0.685. The van der Waals surface area contributed by atoms with Crippen LogP contribution in [0, 0.1) is 0 Å². The average molecular weight is 265 g/mol. The lowest BCUT2D eigenvalue weighted by Gasteiger charge is -2.08. The maximum absolute atomic E-state index is 3.56. The molecular formula is C19H23N. The van der Waals surface area contributed by atoms with Crippen LogP contribution in [0.25, 0.3) is 11.1 Å². The van der Waals surface area contributed by atoms with Crippen molar-refractivity contribution in [3.05, 3.63) is 53.6 Å². The maximum Gasteiger partial charge on any atom is 0.0343 e. The van der Waals surface area contributed by atoms with Crippen molar-refractivity contribution in [1.29, 1.82) is 0 Å². The normalized spacial score (nSPS) is 12.1. The number of unbranched alkanes of at least 4 members (excludes halogenated alkanes) is 3. The molecule has 0 saturated carbocycles. The van der Waals surface area contributed by atoms with Gasteiger partial charge in [0.2, 0.25) is 0 Å². The standard InChI is InChI=1S/C19H23N/c1-2-3-4-7-12-20-17-10-11-19-16(14-17)13-15-8-5-6-9-18(15)19/h5-6,8-11,14,20H,2-4,7,12-13H2,1H3. The highest BCUT2D eigenvalue weighted by molar-refractivity contribution is 5.78. The Bertz CT molecular complexity index is 586. The first kappa shape index (κ1) is 13.2. The second kappa shape index (κ2) is 6.13. The molecule has 0 aromatic heterocycles. The highest BCUT2D eigenvalue weighted by atomic mass is 14.9. The molecule has 0 unspecified atom stereocenters. The largest absolute Gasteiger partial charge is 0.385 e. The summed E-state index contributed by atoms with van der Waals surface area (Å²) in [6.45, 7) is 3.34. The summed E-state index contributed by atoms with van der Waals surface area (Å²) in [4.78, 5) is 0. The van der Waals surface area contributed by atoms with Gasteiger partial charge in [0.15, 0.2) is 0 Å². The van der Waals surface area contributed by atoms with E-state index < -0.39 is 0 Å². The Labute approximate surface area is 122 Å². The molecule has 20 heavy (non-hydrogen) atoms. The second-order valence-electron chi connectivity index (χ2n) is 5.69. The van der Waals surface area contributed by atoms with E-state index in [1.165, 1.54) is 53.6 Å². The summed E-state index contributed by atoms with van der Waals surface area (Å²) in [7, 11) is 0. The molecule has 2 aromatic rings. The van der Waals surface area contributed by atoms with Gasteiger partial charge in [0.25, 0.3) is 0 Å². The molecule has 0 radical (unpaired) electrons. The Morgan fingerprint density at radius 3 is 2.65 bits per heavy atom. The van der Waals surface area contributed by atoms with Crippen LogP contribution in [0.15, 0.2) is 42.5 Å². The number of fused-ring (bicyclic) bond motifs is 3. The third-order valence-corrected chi connectivity index (χ3v) is 4.15. The Hall–Kier alpha value is -1.76.